The van der Waals surface area contributed by atoms with Crippen LogP contribution in [0.3, 0.4) is 0 Å². The number of aryl methyl sites for hydroxylation is 1. The monoisotopic (exact) mass is 323 g/mol. The van der Waals surface area contributed by atoms with Crippen molar-refractivity contribution in [3.05, 3.63) is 44.8 Å². The summed E-state index contributed by atoms with van der Waals surface area (Å²) in [5.41, 5.74) is 2.74. The molecule has 1 N–H and O–H groups in total. The van der Waals surface area contributed by atoms with Crippen LogP contribution < -0.4 is 9.61 Å². The van der Waals surface area contributed by atoms with E-state index in [1.165, 1.54) is 11.3 Å². The molecule has 2 aromatic heterocycles. The molecule has 3 rings (SSSR count). The van der Waals surface area contributed by atoms with Gasteiger partial charge in [0.1, 0.15) is 11.6 Å². The SMILES string of the molecule is COc1ccc2c(c1)nc(CCCl)n2Cc1csc(=O)[nH]1. The summed E-state index contributed by atoms with van der Waals surface area (Å²) >= 11 is 7.03. The number of hydrogen-bond acceptors (Lipinski definition) is 4. The highest BCUT2D eigenvalue weighted by Gasteiger charge is 2.12. The van der Waals surface area contributed by atoms with Gasteiger partial charge in [0.05, 0.1) is 24.7 Å². The summed E-state index contributed by atoms with van der Waals surface area (Å²) in [5, 5.41) is 1.84. The van der Waals surface area contributed by atoms with E-state index in [4.69, 9.17) is 16.3 Å². The number of benzene rings is 1. The minimum absolute atomic E-state index is 0.0463. The van der Waals surface area contributed by atoms with Crippen molar-refractivity contribution in [1.29, 1.82) is 0 Å². The molecule has 0 aliphatic heterocycles. The van der Waals surface area contributed by atoms with Crippen molar-refractivity contribution in [1.82, 2.24) is 14.5 Å². The molecule has 7 heteroatoms. The van der Waals surface area contributed by atoms with E-state index < -0.39 is 0 Å². The number of imidazole rings is 1. The molecule has 0 fully saturated rings. The molecule has 2 heterocycles. The zero-order chi connectivity index (χ0) is 14.8. The Bertz CT molecular complexity index is 821. The van der Waals surface area contributed by atoms with Gasteiger partial charge in [0.2, 0.25) is 0 Å². The number of nitrogens with one attached hydrogen (secondary N) is 1. The Kier molecular flexibility index (Phi) is 3.98. The highest BCUT2D eigenvalue weighted by Crippen LogP contribution is 2.23. The van der Waals surface area contributed by atoms with E-state index in [0.29, 0.717) is 18.8 Å². The summed E-state index contributed by atoms with van der Waals surface area (Å²) in [6.07, 6.45) is 0.674. The predicted octanol–water partition coefficient (Wildman–Crippen LogP) is 2.62. The number of rotatable bonds is 5. The molecular weight excluding hydrogens is 310 g/mol. The van der Waals surface area contributed by atoms with Gasteiger partial charge >= 0.3 is 4.87 Å². The number of nitrogens with zero attached hydrogens (tertiary/aromatic N) is 2. The molecule has 0 aliphatic rings. The van der Waals surface area contributed by atoms with Crippen molar-refractivity contribution >= 4 is 34.0 Å². The van der Waals surface area contributed by atoms with Gasteiger partial charge in [0.25, 0.3) is 0 Å². The number of ether oxygens (including phenoxy) is 1. The van der Waals surface area contributed by atoms with Gasteiger partial charge in [-0.1, -0.05) is 11.3 Å². The second-order valence-corrected chi connectivity index (χ2v) is 5.80. The first-order chi connectivity index (χ1) is 10.2. The first kappa shape index (κ1) is 14.2. The number of methoxy groups -OCH3 is 1. The van der Waals surface area contributed by atoms with Crippen molar-refractivity contribution in [3.8, 4) is 5.75 Å². The molecule has 0 spiro atoms. The third-order valence-corrected chi connectivity index (χ3v) is 4.16. The number of halogens is 1. The summed E-state index contributed by atoms with van der Waals surface area (Å²) in [6, 6.07) is 5.78. The van der Waals surface area contributed by atoms with Crippen LogP contribution in [0.1, 0.15) is 11.5 Å². The van der Waals surface area contributed by atoms with E-state index in [1.807, 2.05) is 23.6 Å². The second-order valence-electron chi connectivity index (χ2n) is 4.58. The third kappa shape index (κ3) is 2.82. The van der Waals surface area contributed by atoms with Gasteiger partial charge in [-0.15, -0.1) is 11.6 Å². The van der Waals surface area contributed by atoms with Gasteiger partial charge < -0.3 is 14.3 Å². The van der Waals surface area contributed by atoms with Gasteiger partial charge in [0, 0.05) is 29.4 Å². The summed E-state index contributed by atoms with van der Waals surface area (Å²) < 4.78 is 7.31. The van der Waals surface area contributed by atoms with Crippen LogP contribution in [0, 0.1) is 0 Å². The zero-order valence-electron chi connectivity index (χ0n) is 11.4. The lowest BCUT2D eigenvalue weighted by Gasteiger charge is -2.07. The van der Waals surface area contributed by atoms with E-state index >= 15 is 0 Å². The maximum atomic E-state index is 11.3. The smallest absolute Gasteiger partial charge is 0.304 e. The Morgan fingerprint density at radius 3 is 3.00 bits per heavy atom. The molecule has 0 saturated carbocycles. The number of fused-ring (bicyclic) bond motifs is 1. The Morgan fingerprint density at radius 1 is 1.48 bits per heavy atom. The van der Waals surface area contributed by atoms with Crippen LogP contribution in [0.5, 0.6) is 5.75 Å². The maximum absolute atomic E-state index is 11.3. The van der Waals surface area contributed by atoms with E-state index in [2.05, 4.69) is 14.5 Å². The summed E-state index contributed by atoms with van der Waals surface area (Å²) in [6.45, 7) is 0.577. The fourth-order valence-electron chi connectivity index (χ4n) is 2.30. The lowest BCUT2D eigenvalue weighted by Crippen LogP contribution is -2.07. The van der Waals surface area contributed by atoms with Crippen LogP contribution in [0.15, 0.2) is 28.4 Å². The average Bonchev–Trinajstić information content (AvgIpc) is 3.04. The molecule has 0 unspecified atom stereocenters. The number of H-pyrrole nitrogens is 1. The molecule has 0 bridgehead atoms. The molecule has 3 aromatic rings. The Hall–Kier alpha value is -1.79. The van der Waals surface area contributed by atoms with Crippen LogP contribution in [0.2, 0.25) is 0 Å². The number of thiazole rings is 1. The molecule has 110 valence electrons. The van der Waals surface area contributed by atoms with Crippen molar-refractivity contribution in [2.75, 3.05) is 13.0 Å². The molecule has 21 heavy (non-hydrogen) atoms. The number of alkyl halides is 1. The Balaban J connectivity index is 2.08. The first-order valence-corrected chi connectivity index (χ1v) is 7.88. The molecule has 0 radical (unpaired) electrons. The van der Waals surface area contributed by atoms with Gasteiger partial charge in [-0.25, -0.2) is 4.98 Å². The average molecular weight is 324 g/mol. The van der Waals surface area contributed by atoms with Crippen molar-refractivity contribution in [2.24, 2.45) is 0 Å². The minimum atomic E-state index is -0.0463. The molecule has 0 aliphatic carbocycles. The standard InChI is InChI=1S/C14H14ClN3O2S/c1-20-10-2-3-12-11(6-10)17-13(4-5-15)18(12)7-9-8-21-14(19)16-9/h2-3,6,8H,4-5,7H2,1H3,(H,16,19). The fraction of sp³-hybridized carbons (Fsp3) is 0.286. The number of aromatic amines is 1. The minimum Gasteiger partial charge on any atom is -0.497 e. The molecule has 0 atom stereocenters. The predicted molar refractivity (Wildman–Crippen MR) is 84.8 cm³/mol. The molecule has 0 saturated heterocycles. The first-order valence-electron chi connectivity index (χ1n) is 6.47. The number of hydrogen-bond donors (Lipinski definition) is 1. The van der Waals surface area contributed by atoms with E-state index in [1.54, 1.807) is 7.11 Å². The maximum Gasteiger partial charge on any atom is 0.304 e. The largest absolute Gasteiger partial charge is 0.497 e. The van der Waals surface area contributed by atoms with Crippen LogP contribution in [-0.4, -0.2) is 27.5 Å². The quantitative estimate of drug-likeness (QED) is 0.734. The molecule has 5 nitrogen and oxygen atoms in total. The zero-order valence-corrected chi connectivity index (χ0v) is 13.0. The van der Waals surface area contributed by atoms with Crippen LogP contribution >= 0.6 is 22.9 Å². The van der Waals surface area contributed by atoms with Gasteiger partial charge in [-0.2, -0.15) is 0 Å². The van der Waals surface area contributed by atoms with Crippen molar-refractivity contribution in [3.63, 3.8) is 0 Å². The fourth-order valence-corrected chi connectivity index (χ4v) is 3.04. The van der Waals surface area contributed by atoms with E-state index in [9.17, 15) is 4.79 Å². The van der Waals surface area contributed by atoms with Crippen molar-refractivity contribution < 1.29 is 4.74 Å². The summed E-state index contributed by atoms with van der Waals surface area (Å²) in [7, 11) is 1.63. The van der Waals surface area contributed by atoms with E-state index in [0.717, 1.165) is 28.3 Å². The highest BCUT2D eigenvalue weighted by molar-refractivity contribution is 7.07. The van der Waals surface area contributed by atoms with Crippen molar-refractivity contribution in [2.45, 2.75) is 13.0 Å². The van der Waals surface area contributed by atoms with Crippen LogP contribution in [0.25, 0.3) is 11.0 Å². The Labute approximate surface area is 130 Å². The second kappa shape index (κ2) is 5.91. The van der Waals surface area contributed by atoms with Crippen LogP contribution in [-0.2, 0) is 13.0 Å². The lowest BCUT2D eigenvalue weighted by molar-refractivity contribution is 0.415. The summed E-state index contributed by atoms with van der Waals surface area (Å²) in [5.74, 6) is 2.18. The summed E-state index contributed by atoms with van der Waals surface area (Å²) in [4.78, 5) is 18.7. The lowest BCUT2D eigenvalue weighted by atomic mass is 10.3. The highest BCUT2D eigenvalue weighted by atomic mass is 35.5. The third-order valence-electron chi connectivity index (χ3n) is 3.25. The normalized spacial score (nSPS) is 11.1. The van der Waals surface area contributed by atoms with Gasteiger partial charge in [0.15, 0.2) is 0 Å². The van der Waals surface area contributed by atoms with Crippen LogP contribution in [0.4, 0.5) is 0 Å². The van der Waals surface area contributed by atoms with Gasteiger partial charge in [-0.05, 0) is 12.1 Å². The van der Waals surface area contributed by atoms with Gasteiger partial charge in [-0.3, -0.25) is 4.79 Å². The molecule has 1 aromatic carbocycles. The topological polar surface area (TPSA) is 59.9 Å². The van der Waals surface area contributed by atoms with E-state index in [-0.39, 0.29) is 4.87 Å². The Morgan fingerprint density at radius 2 is 2.33 bits per heavy atom. The molecular formula is C14H14ClN3O2S. The molecule has 0 amide bonds. The number of aromatic nitrogens is 3.